The highest BCUT2D eigenvalue weighted by molar-refractivity contribution is 7.13. The minimum Gasteiger partial charge on any atom is -0.472 e. The van der Waals surface area contributed by atoms with E-state index in [1.165, 1.54) is 11.3 Å². The number of hydrogen-bond donors (Lipinski definition) is 2. The summed E-state index contributed by atoms with van der Waals surface area (Å²) in [6, 6.07) is 1.84. The summed E-state index contributed by atoms with van der Waals surface area (Å²) in [7, 11) is 0. The number of nitrogens with one attached hydrogen (secondary N) is 1. The molecule has 0 fully saturated rings. The standard InChI is InChI=1S/C14H19N3O2S/c1-2-3-4-11(7-15)16-13(18)12-9-20-14(17-12)10-5-6-19-8-10/h5-6,8-9,11H,2-4,7,15H2,1H3,(H,16,18). The van der Waals surface area contributed by atoms with E-state index < -0.39 is 0 Å². The van der Waals surface area contributed by atoms with Crippen LogP contribution in [-0.2, 0) is 0 Å². The molecule has 20 heavy (non-hydrogen) atoms. The van der Waals surface area contributed by atoms with E-state index in [-0.39, 0.29) is 11.9 Å². The molecule has 2 rings (SSSR count). The first kappa shape index (κ1) is 14.7. The van der Waals surface area contributed by atoms with Crippen molar-refractivity contribution >= 4 is 17.2 Å². The summed E-state index contributed by atoms with van der Waals surface area (Å²) in [5.41, 5.74) is 6.99. The summed E-state index contributed by atoms with van der Waals surface area (Å²) < 4.78 is 5.01. The third kappa shape index (κ3) is 3.68. The van der Waals surface area contributed by atoms with E-state index >= 15 is 0 Å². The Labute approximate surface area is 122 Å². The lowest BCUT2D eigenvalue weighted by Crippen LogP contribution is -2.40. The molecule has 2 aromatic rings. The third-order valence-electron chi connectivity index (χ3n) is 3.03. The van der Waals surface area contributed by atoms with Gasteiger partial charge in [0.05, 0.1) is 6.26 Å². The van der Waals surface area contributed by atoms with Crippen LogP contribution in [-0.4, -0.2) is 23.5 Å². The number of amides is 1. The Balaban J connectivity index is 1.99. The minimum atomic E-state index is -0.164. The first-order valence-electron chi connectivity index (χ1n) is 6.73. The van der Waals surface area contributed by atoms with Gasteiger partial charge in [0.1, 0.15) is 17.0 Å². The van der Waals surface area contributed by atoms with Gasteiger partial charge in [0.25, 0.3) is 5.91 Å². The van der Waals surface area contributed by atoms with Crippen LogP contribution in [0.5, 0.6) is 0 Å². The lowest BCUT2D eigenvalue weighted by atomic mass is 10.1. The van der Waals surface area contributed by atoms with Crippen molar-refractivity contribution in [2.75, 3.05) is 6.54 Å². The highest BCUT2D eigenvalue weighted by Crippen LogP contribution is 2.23. The van der Waals surface area contributed by atoms with Crippen molar-refractivity contribution < 1.29 is 9.21 Å². The fourth-order valence-electron chi connectivity index (χ4n) is 1.86. The predicted molar refractivity (Wildman–Crippen MR) is 79.6 cm³/mol. The first-order valence-corrected chi connectivity index (χ1v) is 7.61. The van der Waals surface area contributed by atoms with Gasteiger partial charge in [0.15, 0.2) is 0 Å². The van der Waals surface area contributed by atoms with Crippen molar-refractivity contribution in [3.63, 3.8) is 0 Å². The number of rotatable bonds is 7. The SMILES string of the molecule is CCCCC(CN)NC(=O)c1csc(-c2ccoc2)n1. The molecule has 0 saturated carbocycles. The molecule has 0 aliphatic carbocycles. The van der Waals surface area contributed by atoms with E-state index in [1.54, 1.807) is 17.9 Å². The second-order valence-electron chi connectivity index (χ2n) is 4.60. The first-order chi connectivity index (χ1) is 9.74. The summed E-state index contributed by atoms with van der Waals surface area (Å²) in [6.07, 6.45) is 6.25. The van der Waals surface area contributed by atoms with Crippen LogP contribution < -0.4 is 11.1 Å². The molecule has 1 atom stereocenters. The van der Waals surface area contributed by atoms with Crippen molar-refractivity contribution in [2.24, 2.45) is 5.73 Å². The van der Waals surface area contributed by atoms with Crippen LogP contribution in [0.1, 0.15) is 36.7 Å². The molecule has 5 nitrogen and oxygen atoms in total. The molecule has 2 heterocycles. The number of nitrogens with zero attached hydrogens (tertiary/aromatic N) is 1. The van der Waals surface area contributed by atoms with E-state index in [9.17, 15) is 4.79 Å². The largest absolute Gasteiger partial charge is 0.472 e. The van der Waals surface area contributed by atoms with Gasteiger partial charge in [-0.05, 0) is 12.5 Å². The van der Waals surface area contributed by atoms with Crippen molar-refractivity contribution in [3.05, 3.63) is 29.7 Å². The Hall–Kier alpha value is -1.66. The Bertz CT molecular complexity index is 536. The smallest absolute Gasteiger partial charge is 0.271 e. The summed E-state index contributed by atoms with van der Waals surface area (Å²) >= 11 is 1.42. The monoisotopic (exact) mass is 293 g/mol. The van der Waals surface area contributed by atoms with Crippen LogP contribution in [0.3, 0.4) is 0 Å². The minimum absolute atomic E-state index is 0.0153. The van der Waals surface area contributed by atoms with E-state index in [4.69, 9.17) is 10.2 Å². The molecule has 3 N–H and O–H groups in total. The topological polar surface area (TPSA) is 81.1 Å². The van der Waals surface area contributed by atoms with Crippen molar-refractivity contribution in [2.45, 2.75) is 32.2 Å². The zero-order valence-electron chi connectivity index (χ0n) is 11.5. The van der Waals surface area contributed by atoms with Gasteiger partial charge in [-0.15, -0.1) is 11.3 Å². The molecule has 6 heteroatoms. The van der Waals surface area contributed by atoms with Crippen LogP contribution in [0.15, 0.2) is 28.4 Å². The molecule has 0 aromatic carbocycles. The van der Waals surface area contributed by atoms with Crippen LogP contribution in [0.25, 0.3) is 10.6 Å². The Kier molecular flexibility index (Phi) is 5.31. The van der Waals surface area contributed by atoms with Gasteiger partial charge in [-0.2, -0.15) is 0 Å². The summed E-state index contributed by atoms with van der Waals surface area (Å²) in [5.74, 6) is -0.164. The summed E-state index contributed by atoms with van der Waals surface area (Å²) in [4.78, 5) is 16.4. The molecule has 0 saturated heterocycles. The van der Waals surface area contributed by atoms with Gasteiger partial charge in [0, 0.05) is 23.5 Å². The fourth-order valence-corrected chi connectivity index (χ4v) is 2.64. The van der Waals surface area contributed by atoms with E-state index in [0.717, 1.165) is 29.8 Å². The molecule has 1 amide bonds. The summed E-state index contributed by atoms with van der Waals surface area (Å²) in [5, 5.41) is 5.47. The number of thiazole rings is 1. The van der Waals surface area contributed by atoms with Gasteiger partial charge in [-0.25, -0.2) is 4.98 Å². The number of furan rings is 1. The van der Waals surface area contributed by atoms with Crippen molar-refractivity contribution in [3.8, 4) is 10.6 Å². The van der Waals surface area contributed by atoms with Gasteiger partial charge >= 0.3 is 0 Å². The molecule has 0 aliphatic rings. The molecular formula is C14H19N3O2S. The molecule has 2 aromatic heterocycles. The second-order valence-corrected chi connectivity index (χ2v) is 5.46. The number of unbranched alkanes of at least 4 members (excludes halogenated alkanes) is 1. The molecule has 0 bridgehead atoms. The van der Waals surface area contributed by atoms with Gasteiger partial charge in [-0.3, -0.25) is 4.79 Å². The average molecular weight is 293 g/mol. The lowest BCUT2D eigenvalue weighted by molar-refractivity contribution is 0.0931. The maximum absolute atomic E-state index is 12.1. The Morgan fingerprint density at radius 1 is 1.60 bits per heavy atom. The zero-order valence-corrected chi connectivity index (χ0v) is 12.3. The van der Waals surface area contributed by atoms with Gasteiger partial charge in [-0.1, -0.05) is 19.8 Å². The number of nitrogens with two attached hydrogens (primary N) is 1. The van der Waals surface area contributed by atoms with Crippen LogP contribution >= 0.6 is 11.3 Å². The Morgan fingerprint density at radius 3 is 3.10 bits per heavy atom. The molecule has 0 spiro atoms. The number of aromatic nitrogens is 1. The van der Waals surface area contributed by atoms with E-state index in [0.29, 0.717) is 12.2 Å². The molecule has 108 valence electrons. The lowest BCUT2D eigenvalue weighted by Gasteiger charge is -2.15. The maximum Gasteiger partial charge on any atom is 0.271 e. The number of hydrogen-bond acceptors (Lipinski definition) is 5. The van der Waals surface area contributed by atoms with Crippen LogP contribution in [0, 0.1) is 0 Å². The quantitative estimate of drug-likeness (QED) is 0.822. The third-order valence-corrected chi connectivity index (χ3v) is 3.92. The van der Waals surface area contributed by atoms with Crippen molar-refractivity contribution in [1.29, 1.82) is 0 Å². The number of carbonyl (C=O) groups is 1. The van der Waals surface area contributed by atoms with Gasteiger partial charge in [0.2, 0.25) is 0 Å². The summed E-state index contributed by atoms with van der Waals surface area (Å²) in [6.45, 7) is 2.57. The van der Waals surface area contributed by atoms with Crippen molar-refractivity contribution in [1.82, 2.24) is 10.3 Å². The van der Waals surface area contributed by atoms with Gasteiger partial charge < -0.3 is 15.5 Å². The molecule has 0 aliphatic heterocycles. The molecule has 1 unspecified atom stereocenters. The number of carbonyl (C=O) groups excluding carboxylic acids is 1. The highest BCUT2D eigenvalue weighted by atomic mass is 32.1. The highest BCUT2D eigenvalue weighted by Gasteiger charge is 2.15. The fraction of sp³-hybridized carbons (Fsp3) is 0.429. The Morgan fingerprint density at radius 2 is 2.45 bits per heavy atom. The molecule has 0 radical (unpaired) electrons. The van der Waals surface area contributed by atoms with Crippen LogP contribution in [0.4, 0.5) is 0 Å². The second kappa shape index (κ2) is 7.21. The zero-order chi connectivity index (χ0) is 14.4. The average Bonchev–Trinajstić information content (AvgIpc) is 3.12. The van der Waals surface area contributed by atoms with E-state index in [1.807, 2.05) is 6.07 Å². The maximum atomic E-state index is 12.1. The van der Waals surface area contributed by atoms with E-state index in [2.05, 4.69) is 17.2 Å². The predicted octanol–water partition coefficient (Wildman–Crippen LogP) is 2.65. The van der Waals surface area contributed by atoms with Crippen LogP contribution in [0.2, 0.25) is 0 Å². The normalized spacial score (nSPS) is 12.3. The molecular weight excluding hydrogens is 274 g/mol.